The number of nitrogens with zero attached hydrogens (tertiary/aromatic N) is 1. The average Bonchev–Trinajstić information content (AvgIpc) is 2.34. The smallest absolute Gasteiger partial charge is 0.240 e. The fraction of sp³-hybridized carbons (Fsp3) is 0.583. The number of rotatable bonds is 7. The van der Waals surface area contributed by atoms with Crippen molar-refractivity contribution in [3.8, 4) is 0 Å². The second-order valence-electron chi connectivity index (χ2n) is 4.55. The van der Waals surface area contributed by atoms with E-state index in [1.54, 1.807) is 6.07 Å². The topological polar surface area (TPSA) is 71.1 Å². The number of anilines is 1. The highest BCUT2D eigenvalue weighted by Gasteiger charge is 2.14. The molecular formula is C12H21N3O2S. The molecule has 0 aliphatic carbocycles. The Labute approximate surface area is 109 Å². The van der Waals surface area contributed by atoms with Crippen LogP contribution in [0, 0.1) is 5.92 Å². The van der Waals surface area contributed by atoms with Crippen molar-refractivity contribution < 1.29 is 8.42 Å². The van der Waals surface area contributed by atoms with Crippen LogP contribution in [0.5, 0.6) is 0 Å². The summed E-state index contributed by atoms with van der Waals surface area (Å²) in [5.41, 5.74) is 0. The quantitative estimate of drug-likeness (QED) is 0.794. The van der Waals surface area contributed by atoms with Crippen LogP contribution in [-0.2, 0) is 10.0 Å². The van der Waals surface area contributed by atoms with Gasteiger partial charge < -0.3 is 5.32 Å². The molecule has 1 heterocycles. The monoisotopic (exact) mass is 271 g/mol. The van der Waals surface area contributed by atoms with E-state index in [0.717, 1.165) is 13.0 Å². The number of pyridine rings is 1. The largest absolute Gasteiger partial charge is 0.370 e. The van der Waals surface area contributed by atoms with E-state index in [1.165, 1.54) is 12.3 Å². The Morgan fingerprint density at radius 2 is 2.11 bits per heavy atom. The Balaban J connectivity index is 2.81. The predicted octanol–water partition coefficient (Wildman–Crippen LogP) is 1.84. The number of hydrogen-bond donors (Lipinski definition) is 2. The van der Waals surface area contributed by atoms with Crippen LogP contribution < -0.4 is 10.0 Å². The molecule has 1 aromatic rings. The summed E-state index contributed by atoms with van der Waals surface area (Å²) in [4.78, 5) is 4.33. The molecule has 0 fully saturated rings. The summed E-state index contributed by atoms with van der Waals surface area (Å²) in [6.45, 7) is 7.17. The van der Waals surface area contributed by atoms with Crippen LogP contribution in [-0.4, -0.2) is 26.5 Å². The van der Waals surface area contributed by atoms with E-state index >= 15 is 0 Å². The summed E-state index contributed by atoms with van der Waals surface area (Å²) >= 11 is 0. The third-order valence-electron chi connectivity index (χ3n) is 2.28. The minimum atomic E-state index is -3.43. The lowest BCUT2D eigenvalue weighted by Gasteiger charge is -2.10. The van der Waals surface area contributed by atoms with Crippen molar-refractivity contribution in [3.63, 3.8) is 0 Å². The first-order chi connectivity index (χ1) is 8.45. The molecule has 6 heteroatoms. The van der Waals surface area contributed by atoms with Crippen molar-refractivity contribution in [2.24, 2.45) is 5.92 Å². The molecule has 2 N–H and O–H groups in total. The number of aromatic nitrogens is 1. The Kier molecular flexibility index (Phi) is 5.55. The van der Waals surface area contributed by atoms with Crippen LogP contribution in [0.15, 0.2) is 23.2 Å². The van der Waals surface area contributed by atoms with Gasteiger partial charge in [0, 0.05) is 25.4 Å². The maximum absolute atomic E-state index is 12.0. The van der Waals surface area contributed by atoms with Crippen molar-refractivity contribution in [1.29, 1.82) is 0 Å². The molecule has 0 aromatic carbocycles. The fourth-order valence-electron chi connectivity index (χ4n) is 1.29. The molecular weight excluding hydrogens is 250 g/mol. The van der Waals surface area contributed by atoms with Gasteiger partial charge in [0.2, 0.25) is 10.0 Å². The van der Waals surface area contributed by atoms with Gasteiger partial charge in [-0.15, -0.1) is 0 Å². The summed E-state index contributed by atoms with van der Waals surface area (Å²) in [6, 6.07) is 3.05. The normalized spacial score (nSPS) is 11.8. The Bertz CT molecular complexity index is 472. The Morgan fingerprint density at radius 3 is 2.72 bits per heavy atom. The third kappa shape index (κ3) is 4.62. The van der Waals surface area contributed by atoms with Crippen molar-refractivity contribution in [1.82, 2.24) is 9.71 Å². The minimum Gasteiger partial charge on any atom is -0.370 e. The summed E-state index contributed by atoms with van der Waals surface area (Å²) < 4.78 is 26.6. The Morgan fingerprint density at radius 1 is 1.39 bits per heavy atom. The van der Waals surface area contributed by atoms with E-state index in [2.05, 4.69) is 15.0 Å². The molecule has 18 heavy (non-hydrogen) atoms. The molecule has 1 rings (SSSR count). The van der Waals surface area contributed by atoms with Gasteiger partial charge in [-0.2, -0.15) is 0 Å². The first kappa shape index (κ1) is 14.9. The molecule has 0 saturated carbocycles. The highest BCUT2D eigenvalue weighted by Crippen LogP contribution is 2.12. The average molecular weight is 271 g/mol. The van der Waals surface area contributed by atoms with Crippen LogP contribution in [0.4, 0.5) is 5.82 Å². The van der Waals surface area contributed by atoms with E-state index in [0.29, 0.717) is 12.4 Å². The van der Waals surface area contributed by atoms with Gasteiger partial charge in [0.05, 0.1) is 4.90 Å². The Hall–Kier alpha value is -1.14. The van der Waals surface area contributed by atoms with Crippen LogP contribution >= 0.6 is 0 Å². The van der Waals surface area contributed by atoms with Crippen LogP contribution in [0.25, 0.3) is 0 Å². The molecule has 0 saturated heterocycles. The van der Waals surface area contributed by atoms with Crippen LogP contribution in [0.1, 0.15) is 27.2 Å². The summed E-state index contributed by atoms with van der Waals surface area (Å²) in [6.07, 6.45) is 2.46. The van der Waals surface area contributed by atoms with Gasteiger partial charge in [0.1, 0.15) is 5.82 Å². The lowest BCUT2D eigenvalue weighted by atomic mass is 10.2. The zero-order valence-electron chi connectivity index (χ0n) is 11.1. The number of nitrogens with one attached hydrogen (secondary N) is 2. The van der Waals surface area contributed by atoms with Gasteiger partial charge in [0.25, 0.3) is 0 Å². The van der Waals surface area contributed by atoms with Gasteiger partial charge in [-0.25, -0.2) is 18.1 Å². The predicted molar refractivity (Wildman–Crippen MR) is 73.0 cm³/mol. The minimum absolute atomic E-state index is 0.247. The second kappa shape index (κ2) is 6.70. The van der Waals surface area contributed by atoms with Crippen molar-refractivity contribution >= 4 is 15.8 Å². The first-order valence-corrected chi connectivity index (χ1v) is 7.63. The summed E-state index contributed by atoms with van der Waals surface area (Å²) in [7, 11) is -3.43. The van der Waals surface area contributed by atoms with Crippen LogP contribution in [0.3, 0.4) is 0 Å². The summed E-state index contributed by atoms with van der Waals surface area (Å²) in [5.74, 6) is 0.864. The van der Waals surface area contributed by atoms with E-state index in [9.17, 15) is 8.42 Å². The molecule has 0 spiro atoms. The number of sulfonamides is 1. The maximum atomic E-state index is 12.0. The van der Waals surface area contributed by atoms with Gasteiger partial charge in [0.15, 0.2) is 0 Å². The third-order valence-corrected chi connectivity index (χ3v) is 3.70. The van der Waals surface area contributed by atoms with E-state index in [1.807, 2.05) is 20.8 Å². The van der Waals surface area contributed by atoms with E-state index in [4.69, 9.17) is 0 Å². The highest BCUT2D eigenvalue weighted by atomic mass is 32.2. The second-order valence-corrected chi connectivity index (χ2v) is 6.32. The van der Waals surface area contributed by atoms with Gasteiger partial charge >= 0.3 is 0 Å². The standard InChI is InChI=1S/C12H21N3O2S/c1-4-6-13-12-8-11(5-7-14-12)18(16,17)15-9-10(2)3/h5,7-8,10,15H,4,6,9H2,1-3H3,(H,13,14). The molecule has 5 nitrogen and oxygen atoms in total. The fourth-order valence-corrected chi connectivity index (χ4v) is 2.51. The van der Waals surface area contributed by atoms with Crippen molar-refractivity contribution in [2.75, 3.05) is 18.4 Å². The first-order valence-electron chi connectivity index (χ1n) is 6.15. The maximum Gasteiger partial charge on any atom is 0.240 e. The van der Waals surface area contributed by atoms with Crippen molar-refractivity contribution in [2.45, 2.75) is 32.1 Å². The SMILES string of the molecule is CCCNc1cc(S(=O)(=O)NCC(C)C)ccn1. The van der Waals surface area contributed by atoms with Crippen LogP contribution in [0.2, 0.25) is 0 Å². The van der Waals surface area contributed by atoms with Gasteiger partial charge in [-0.1, -0.05) is 20.8 Å². The molecule has 0 aliphatic rings. The zero-order valence-corrected chi connectivity index (χ0v) is 11.9. The summed E-state index contributed by atoms with van der Waals surface area (Å²) in [5, 5.41) is 3.07. The van der Waals surface area contributed by atoms with Gasteiger partial charge in [-0.3, -0.25) is 0 Å². The molecule has 0 aliphatic heterocycles. The highest BCUT2D eigenvalue weighted by molar-refractivity contribution is 7.89. The molecule has 0 bridgehead atoms. The zero-order chi connectivity index (χ0) is 13.6. The molecule has 0 atom stereocenters. The molecule has 0 unspecified atom stereocenters. The van der Waals surface area contributed by atoms with E-state index in [-0.39, 0.29) is 10.8 Å². The lowest BCUT2D eigenvalue weighted by Crippen LogP contribution is -2.27. The lowest BCUT2D eigenvalue weighted by molar-refractivity contribution is 0.560. The molecule has 1 aromatic heterocycles. The van der Waals surface area contributed by atoms with Crippen molar-refractivity contribution in [3.05, 3.63) is 18.3 Å². The number of hydrogen-bond acceptors (Lipinski definition) is 4. The van der Waals surface area contributed by atoms with E-state index < -0.39 is 10.0 Å². The molecule has 102 valence electrons. The molecule has 0 radical (unpaired) electrons. The van der Waals surface area contributed by atoms with Gasteiger partial charge in [-0.05, 0) is 18.4 Å². The molecule has 0 amide bonds.